The quantitative estimate of drug-likeness (QED) is 0.151. The van der Waals surface area contributed by atoms with Gasteiger partial charge in [-0.25, -0.2) is 23.6 Å². The lowest BCUT2D eigenvalue weighted by Gasteiger charge is -2.30. The molecule has 3 N–H and O–H groups in total. The van der Waals surface area contributed by atoms with Crippen molar-refractivity contribution in [2.45, 2.75) is 118 Å². The van der Waals surface area contributed by atoms with Crippen molar-refractivity contribution in [3.8, 4) is 0 Å². The van der Waals surface area contributed by atoms with E-state index >= 15 is 4.39 Å². The Kier molecular flexibility index (Phi) is 15.3. The van der Waals surface area contributed by atoms with Crippen LogP contribution in [0.2, 0.25) is 0 Å². The smallest absolute Gasteiger partial charge is 0.437 e. The van der Waals surface area contributed by atoms with Gasteiger partial charge >= 0.3 is 24.4 Å². The number of halogens is 1. The van der Waals surface area contributed by atoms with Crippen LogP contribution in [0.25, 0.3) is 11.1 Å². The number of nitrogens with zero attached hydrogens (tertiary/aromatic N) is 4. The van der Waals surface area contributed by atoms with E-state index in [2.05, 4.69) is 25.9 Å². The number of carbonyl (C=O) groups is 5. The number of alkyl carbamates (subject to hydrolysis) is 2. The summed E-state index contributed by atoms with van der Waals surface area (Å²) in [5.41, 5.74) is 0.413. The minimum absolute atomic E-state index is 0.0128. The molecule has 336 valence electrons. The third kappa shape index (κ3) is 16.0. The maximum Gasteiger partial charge on any atom is 0.437 e. The van der Waals surface area contributed by atoms with Gasteiger partial charge in [0.2, 0.25) is 11.9 Å². The molecule has 0 radical (unpaired) electrons. The van der Waals surface area contributed by atoms with E-state index in [1.165, 1.54) is 6.07 Å². The summed E-state index contributed by atoms with van der Waals surface area (Å²) in [6.45, 7) is 21.8. The maximum absolute atomic E-state index is 15.6. The second kappa shape index (κ2) is 19.6. The van der Waals surface area contributed by atoms with Crippen LogP contribution in [-0.2, 0) is 18.9 Å². The highest BCUT2D eigenvalue weighted by molar-refractivity contribution is 6.04. The monoisotopic (exact) mass is 861 g/mol. The summed E-state index contributed by atoms with van der Waals surface area (Å²) >= 11 is 0. The van der Waals surface area contributed by atoms with E-state index < -0.39 is 58.5 Å². The fourth-order valence-corrected chi connectivity index (χ4v) is 6.01. The SMILES string of the molecule is CC(C)(C)OC(=O)N=C(NC(=O)OC(C)(C)C)N1CC=C(c2ccc(NC(=O)c3ccc(C4=CCN(C(=NC(=O)OC(C)(C)C)NC(=O)OC(C)(C)C)CC4)c(F)c3)cc2)CC1. The zero-order valence-electron chi connectivity index (χ0n) is 37.8. The van der Waals surface area contributed by atoms with Crippen LogP contribution >= 0.6 is 0 Å². The molecule has 0 unspecified atom stereocenters. The fraction of sp³-hybridized carbons (Fsp3) is 0.489. The lowest BCUT2D eigenvalue weighted by Crippen LogP contribution is -2.48. The van der Waals surface area contributed by atoms with Crippen LogP contribution in [-0.4, -0.2) is 101 Å². The molecule has 2 aromatic rings. The standard InChI is InChI=1S/C45H60FN7O9/c1-42(2,3)59-38(55)48-36(49-39(56)60-43(4,5)6)52-23-19-29(20-24-52)28-13-16-32(17-14-28)47-35(54)31-15-18-33(34(46)27-31)30-21-25-53(26-22-30)37(50-40(57)61-44(7,8)9)51-41(58)62-45(10,11)12/h13-19,21,27H,20,22-26H2,1-12H3,(H,47,54)(H,48,49,55,56)(H,50,51,57,58). The van der Waals surface area contributed by atoms with Gasteiger partial charge in [-0.1, -0.05) is 30.4 Å². The highest BCUT2D eigenvalue weighted by Crippen LogP contribution is 2.28. The Hall–Kier alpha value is -6.26. The number of amides is 5. The molecule has 0 atom stereocenters. The van der Waals surface area contributed by atoms with E-state index in [0.29, 0.717) is 42.8 Å². The molecule has 5 amide bonds. The molecule has 2 heterocycles. The molecule has 0 fully saturated rings. The van der Waals surface area contributed by atoms with Crippen molar-refractivity contribution in [3.05, 3.63) is 77.1 Å². The molecule has 0 aromatic heterocycles. The zero-order chi connectivity index (χ0) is 46.2. The Morgan fingerprint density at radius 3 is 1.42 bits per heavy atom. The van der Waals surface area contributed by atoms with Gasteiger partial charge in [-0.2, -0.15) is 0 Å². The lowest BCUT2D eigenvalue weighted by atomic mass is 9.97. The predicted octanol–water partition coefficient (Wildman–Crippen LogP) is 8.89. The average molecular weight is 862 g/mol. The molecule has 2 aromatic carbocycles. The van der Waals surface area contributed by atoms with Gasteiger partial charge in [0.15, 0.2) is 0 Å². The van der Waals surface area contributed by atoms with Crippen molar-refractivity contribution in [1.82, 2.24) is 20.4 Å². The molecule has 0 spiro atoms. The molecule has 16 nitrogen and oxygen atoms in total. The molecule has 2 aliphatic rings. The number of guanidine groups is 2. The van der Waals surface area contributed by atoms with Crippen LogP contribution < -0.4 is 16.0 Å². The number of anilines is 1. The fourth-order valence-electron chi connectivity index (χ4n) is 6.01. The number of aliphatic imine (C=N–C) groups is 2. The molecule has 62 heavy (non-hydrogen) atoms. The van der Waals surface area contributed by atoms with Crippen LogP contribution in [0.4, 0.5) is 29.3 Å². The minimum Gasteiger partial charge on any atom is -0.444 e. The van der Waals surface area contributed by atoms with Crippen LogP contribution in [0.3, 0.4) is 0 Å². The first-order valence-electron chi connectivity index (χ1n) is 20.4. The number of nitrogens with one attached hydrogen (secondary N) is 3. The molecule has 2 aliphatic heterocycles. The van der Waals surface area contributed by atoms with Crippen molar-refractivity contribution in [1.29, 1.82) is 0 Å². The van der Waals surface area contributed by atoms with Crippen LogP contribution in [0, 0.1) is 5.82 Å². The molecule has 0 saturated carbocycles. The van der Waals surface area contributed by atoms with Gasteiger partial charge in [0.1, 0.15) is 28.2 Å². The topological polar surface area (TPSA) is 190 Å². The summed E-state index contributed by atoms with van der Waals surface area (Å²) in [6.07, 6.45) is 1.33. The second-order valence-electron chi connectivity index (χ2n) is 18.7. The van der Waals surface area contributed by atoms with Gasteiger partial charge in [-0.3, -0.25) is 15.4 Å². The van der Waals surface area contributed by atoms with Gasteiger partial charge in [0, 0.05) is 43.0 Å². The lowest BCUT2D eigenvalue weighted by molar-refractivity contribution is 0.0536. The van der Waals surface area contributed by atoms with Crippen molar-refractivity contribution >= 4 is 59.0 Å². The molecule has 0 saturated heterocycles. The van der Waals surface area contributed by atoms with Crippen molar-refractivity contribution in [2.75, 3.05) is 31.5 Å². The van der Waals surface area contributed by atoms with Gasteiger partial charge in [0.05, 0.1) is 0 Å². The predicted molar refractivity (Wildman–Crippen MR) is 235 cm³/mol. The van der Waals surface area contributed by atoms with Crippen LogP contribution in [0.1, 0.15) is 117 Å². The molecule has 17 heteroatoms. The molecular weight excluding hydrogens is 802 g/mol. The Morgan fingerprint density at radius 2 is 1.03 bits per heavy atom. The average Bonchev–Trinajstić information content (AvgIpc) is 3.11. The maximum atomic E-state index is 15.6. The van der Waals surface area contributed by atoms with Crippen molar-refractivity contribution < 1.29 is 47.3 Å². The second-order valence-corrected chi connectivity index (χ2v) is 18.7. The first-order chi connectivity index (χ1) is 28.6. The van der Waals surface area contributed by atoms with E-state index in [4.69, 9.17) is 18.9 Å². The van der Waals surface area contributed by atoms with Crippen LogP contribution in [0.5, 0.6) is 0 Å². The number of hydrogen-bond acceptors (Lipinski definition) is 9. The first kappa shape index (κ1) is 48.4. The normalized spacial score (nSPS) is 15.4. The molecule has 0 aliphatic carbocycles. The minimum atomic E-state index is -0.890. The first-order valence-corrected chi connectivity index (χ1v) is 20.4. The largest absolute Gasteiger partial charge is 0.444 e. The Bertz CT molecular complexity index is 2140. The summed E-state index contributed by atoms with van der Waals surface area (Å²) in [5, 5.41) is 7.95. The summed E-state index contributed by atoms with van der Waals surface area (Å²) < 4.78 is 37.0. The number of carbonyl (C=O) groups excluding carboxylic acids is 5. The Morgan fingerprint density at radius 1 is 0.597 bits per heavy atom. The highest BCUT2D eigenvalue weighted by Gasteiger charge is 2.27. The van der Waals surface area contributed by atoms with E-state index in [0.717, 1.165) is 11.1 Å². The summed E-state index contributed by atoms with van der Waals surface area (Å²) in [7, 11) is 0. The van der Waals surface area contributed by atoms with Gasteiger partial charge in [-0.05, 0) is 137 Å². The number of hydrogen-bond donors (Lipinski definition) is 3. The van der Waals surface area contributed by atoms with E-state index in [1.54, 1.807) is 123 Å². The van der Waals surface area contributed by atoms with Crippen molar-refractivity contribution in [2.24, 2.45) is 9.98 Å². The van der Waals surface area contributed by atoms with Crippen molar-refractivity contribution in [3.63, 3.8) is 0 Å². The van der Waals surface area contributed by atoms with E-state index in [-0.39, 0.29) is 30.6 Å². The van der Waals surface area contributed by atoms with E-state index in [9.17, 15) is 24.0 Å². The summed E-state index contributed by atoms with van der Waals surface area (Å²) in [6, 6.07) is 11.5. The zero-order valence-corrected chi connectivity index (χ0v) is 37.8. The number of ether oxygens (including phenoxy) is 4. The number of benzene rings is 2. The summed E-state index contributed by atoms with van der Waals surface area (Å²) in [4.78, 5) is 75.0. The van der Waals surface area contributed by atoms with Gasteiger partial charge in [-0.15, -0.1) is 9.98 Å². The Balaban J connectivity index is 1.40. The third-order valence-corrected chi connectivity index (χ3v) is 8.51. The molecule has 4 rings (SSSR count). The van der Waals surface area contributed by atoms with Gasteiger partial charge in [0.25, 0.3) is 5.91 Å². The van der Waals surface area contributed by atoms with Gasteiger partial charge < -0.3 is 34.1 Å². The van der Waals surface area contributed by atoms with E-state index in [1.807, 2.05) is 18.2 Å². The molecular formula is C45H60FN7O9. The third-order valence-electron chi connectivity index (χ3n) is 8.51. The Labute approximate surface area is 363 Å². The summed E-state index contributed by atoms with van der Waals surface area (Å²) in [5.74, 6) is -1.12. The highest BCUT2D eigenvalue weighted by atomic mass is 19.1. The van der Waals surface area contributed by atoms with Crippen LogP contribution in [0.15, 0.2) is 64.6 Å². The number of rotatable bonds is 4. The molecule has 0 bridgehead atoms.